The zero-order valence-corrected chi connectivity index (χ0v) is 18.6. The SMILES string of the molecule is CCCCn1c(SCC(=O)c2cc(C)n(C(C)COC)c2C)nc(C)c1C. The van der Waals surface area contributed by atoms with Crippen molar-refractivity contribution < 1.29 is 9.53 Å². The van der Waals surface area contributed by atoms with Crippen LogP contribution in [0, 0.1) is 27.7 Å². The van der Waals surface area contributed by atoms with Gasteiger partial charge >= 0.3 is 0 Å². The van der Waals surface area contributed by atoms with Crippen LogP contribution in [-0.4, -0.2) is 39.4 Å². The summed E-state index contributed by atoms with van der Waals surface area (Å²) in [7, 11) is 1.71. The molecule has 0 saturated carbocycles. The highest BCUT2D eigenvalue weighted by Crippen LogP contribution is 2.26. The molecule has 0 aliphatic heterocycles. The average molecular weight is 392 g/mol. The Hall–Kier alpha value is -1.53. The molecule has 2 heterocycles. The first-order chi connectivity index (χ1) is 12.8. The van der Waals surface area contributed by atoms with Gasteiger partial charge in [-0.1, -0.05) is 25.1 Å². The van der Waals surface area contributed by atoms with Crippen molar-refractivity contribution in [1.29, 1.82) is 0 Å². The van der Waals surface area contributed by atoms with Gasteiger partial charge in [0.15, 0.2) is 10.9 Å². The smallest absolute Gasteiger partial charge is 0.175 e. The molecule has 2 aromatic rings. The number of methoxy groups -OCH3 is 1. The van der Waals surface area contributed by atoms with Gasteiger partial charge in [-0.05, 0) is 47.1 Å². The zero-order chi connectivity index (χ0) is 20.1. The van der Waals surface area contributed by atoms with Crippen LogP contribution in [0.2, 0.25) is 0 Å². The summed E-state index contributed by atoms with van der Waals surface area (Å²) in [6, 6.07) is 2.22. The van der Waals surface area contributed by atoms with Gasteiger partial charge in [-0.2, -0.15) is 0 Å². The Morgan fingerprint density at radius 1 is 1.26 bits per heavy atom. The molecule has 0 amide bonds. The topological polar surface area (TPSA) is 49.0 Å². The van der Waals surface area contributed by atoms with Gasteiger partial charge in [0.2, 0.25) is 0 Å². The second-order valence-electron chi connectivity index (χ2n) is 7.24. The summed E-state index contributed by atoms with van der Waals surface area (Å²) in [4.78, 5) is 17.6. The lowest BCUT2D eigenvalue weighted by Crippen LogP contribution is -2.15. The van der Waals surface area contributed by atoms with Crippen molar-refractivity contribution in [3.8, 4) is 0 Å². The number of aromatic nitrogens is 3. The molecular weight excluding hydrogens is 358 g/mol. The summed E-state index contributed by atoms with van der Waals surface area (Å²) in [5, 5.41) is 0.952. The summed E-state index contributed by atoms with van der Waals surface area (Å²) in [5.41, 5.74) is 5.17. The summed E-state index contributed by atoms with van der Waals surface area (Å²) >= 11 is 1.55. The Morgan fingerprint density at radius 2 is 1.96 bits per heavy atom. The van der Waals surface area contributed by atoms with Crippen molar-refractivity contribution in [2.75, 3.05) is 19.5 Å². The molecular formula is C21H33N3O2S. The maximum atomic E-state index is 12.9. The second-order valence-corrected chi connectivity index (χ2v) is 8.18. The van der Waals surface area contributed by atoms with E-state index >= 15 is 0 Å². The number of thioether (sulfide) groups is 1. The zero-order valence-electron chi connectivity index (χ0n) is 17.8. The van der Waals surface area contributed by atoms with Crippen molar-refractivity contribution in [2.24, 2.45) is 0 Å². The van der Waals surface area contributed by atoms with E-state index in [0.717, 1.165) is 47.2 Å². The first-order valence-electron chi connectivity index (χ1n) is 9.68. The Morgan fingerprint density at radius 3 is 2.59 bits per heavy atom. The minimum atomic E-state index is 0.157. The van der Waals surface area contributed by atoms with E-state index in [4.69, 9.17) is 4.74 Å². The number of unbranched alkanes of at least 4 members (excludes halogenated alkanes) is 1. The molecule has 150 valence electrons. The van der Waals surface area contributed by atoms with E-state index in [0.29, 0.717) is 12.4 Å². The molecule has 5 nitrogen and oxygen atoms in total. The quantitative estimate of drug-likeness (QED) is 0.427. The maximum absolute atomic E-state index is 12.9. The Labute approximate surface area is 167 Å². The Bertz CT molecular complexity index is 792. The number of hydrogen-bond donors (Lipinski definition) is 0. The molecule has 0 saturated heterocycles. The fraction of sp³-hybridized carbons (Fsp3) is 0.619. The van der Waals surface area contributed by atoms with Crippen molar-refractivity contribution in [1.82, 2.24) is 14.1 Å². The van der Waals surface area contributed by atoms with E-state index in [1.165, 1.54) is 5.69 Å². The molecule has 0 bridgehead atoms. The van der Waals surface area contributed by atoms with E-state index < -0.39 is 0 Å². The van der Waals surface area contributed by atoms with Crippen LogP contribution in [0.4, 0.5) is 0 Å². The molecule has 6 heteroatoms. The third-order valence-electron chi connectivity index (χ3n) is 5.12. The number of rotatable bonds is 10. The molecule has 0 spiro atoms. The number of carbonyl (C=O) groups excluding carboxylic acids is 1. The third kappa shape index (κ3) is 4.85. The van der Waals surface area contributed by atoms with Crippen molar-refractivity contribution >= 4 is 17.5 Å². The monoisotopic (exact) mass is 391 g/mol. The van der Waals surface area contributed by atoms with E-state index in [-0.39, 0.29) is 11.8 Å². The number of nitrogens with zero attached hydrogens (tertiary/aromatic N) is 3. The van der Waals surface area contributed by atoms with Gasteiger partial charge in [0, 0.05) is 36.3 Å². The van der Waals surface area contributed by atoms with Crippen molar-refractivity contribution in [2.45, 2.75) is 72.1 Å². The van der Waals surface area contributed by atoms with E-state index in [2.05, 4.69) is 34.9 Å². The highest BCUT2D eigenvalue weighted by atomic mass is 32.2. The normalized spacial score (nSPS) is 12.6. The molecule has 0 radical (unpaired) electrons. The predicted molar refractivity (Wildman–Crippen MR) is 112 cm³/mol. The molecule has 1 atom stereocenters. The Balaban J connectivity index is 2.15. The lowest BCUT2D eigenvalue weighted by molar-refractivity contribution is 0.102. The molecule has 2 aromatic heterocycles. The lowest BCUT2D eigenvalue weighted by atomic mass is 10.2. The molecule has 0 aromatic carbocycles. The summed E-state index contributed by atoms with van der Waals surface area (Å²) in [6.07, 6.45) is 2.27. The molecule has 0 aliphatic carbocycles. The third-order valence-corrected chi connectivity index (χ3v) is 6.10. The van der Waals surface area contributed by atoms with Crippen LogP contribution < -0.4 is 0 Å². The minimum Gasteiger partial charge on any atom is -0.383 e. The molecule has 0 aliphatic rings. The standard InChI is InChI=1S/C21H33N3O2S/c1-8-9-10-23-17(5)16(4)22-21(23)27-13-20(25)19-11-14(2)24(18(19)6)15(3)12-26-7/h11,15H,8-10,12-13H2,1-7H3. The fourth-order valence-electron chi connectivity index (χ4n) is 3.57. The van der Waals surface area contributed by atoms with Gasteiger partial charge in [-0.25, -0.2) is 4.98 Å². The van der Waals surface area contributed by atoms with Crippen LogP contribution in [0.1, 0.15) is 65.9 Å². The molecule has 27 heavy (non-hydrogen) atoms. The van der Waals surface area contributed by atoms with Crippen molar-refractivity contribution in [3.63, 3.8) is 0 Å². The van der Waals surface area contributed by atoms with Gasteiger partial charge in [-0.15, -0.1) is 0 Å². The number of ether oxygens (including phenoxy) is 1. The van der Waals surface area contributed by atoms with Crippen LogP contribution >= 0.6 is 11.8 Å². The van der Waals surface area contributed by atoms with E-state index in [1.54, 1.807) is 18.9 Å². The van der Waals surface area contributed by atoms with Gasteiger partial charge in [0.1, 0.15) is 0 Å². The van der Waals surface area contributed by atoms with Crippen LogP contribution in [0.3, 0.4) is 0 Å². The Kier molecular flexibility index (Phi) is 7.74. The van der Waals surface area contributed by atoms with Crippen LogP contribution in [0.5, 0.6) is 0 Å². The molecule has 2 rings (SSSR count). The molecule has 1 unspecified atom stereocenters. The van der Waals surface area contributed by atoms with Crippen LogP contribution in [-0.2, 0) is 11.3 Å². The summed E-state index contributed by atoms with van der Waals surface area (Å²) in [6.45, 7) is 14.1. The number of Topliss-reactive ketones (excluding diaryl/α,β-unsaturated/α-hetero) is 1. The van der Waals surface area contributed by atoms with Crippen molar-refractivity contribution in [3.05, 3.63) is 34.4 Å². The average Bonchev–Trinajstić information content (AvgIpc) is 3.07. The van der Waals surface area contributed by atoms with Gasteiger partial charge in [0.25, 0.3) is 0 Å². The summed E-state index contributed by atoms with van der Waals surface area (Å²) < 4.78 is 9.72. The van der Waals surface area contributed by atoms with E-state index in [9.17, 15) is 4.79 Å². The maximum Gasteiger partial charge on any atom is 0.175 e. The number of aryl methyl sites for hydroxylation is 2. The van der Waals surface area contributed by atoms with Gasteiger partial charge in [0.05, 0.1) is 24.1 Å². The highest BCUT2D eigenvalue weighted by Gasteiger charge is 2.20. The fourth-order valence-corrected chi connectivity index (χ4v) is 4.58. The van der Waals surface area contributed by atoms with Crippen LogP contribution in [0.25, 0.3) is 0 Å². The minimum absolute atomic E-state index is 0.157. The number of hydrogen-bond acceptors (Lipinski definition) is 4. The highest BCUT2D eigenvalue weighted by molar-refractivity contribution is 7.99. The first-order valence-corrected chi connectivity index (χ1v) is 10.7. The largest absolute Gasteiger partial charge is 0.383 e. The second kappa shape index (κ2) is 9.60. The molecule has 0 fully saturated rings. The summed E-state index contributed by atoms with van der Waals surface area (Å²) in [5.74, 6) is 0.564. The number of ketones is 1. The van der Waals surface area contributed by atoms with Gasteiger partial charge < -0.3 is 13.9 Å². The first kappa shape index (κ1) is 21.8. The predicted octanol–water partition coefficient (Wildman–Crippen LogP) is 4.90. The van der Waals surface area contributed by atoms with Gasteiger partial charge in [-0.3, -0.25) is 4.79 Å². The van der Waals surface area contributed by atoms with E-state index in [1.807, 2.05) is 26.8 Å². The number of imidazole rings is 1. The number of carbonyl (C=O) groups is 1. The lowest BCUT2D eigenvalue weighted by Gasteiger charge is -2.17. The van der Waals surface area contributed by atoms with Crippen LogP contribution in [0.15, 0.2) is 11.2 Å². The molecule has 0 N–H and O–H groups in total.